The van der Waals surface area contributed by atoms with Crippen LogP contribution < -0.4 is 0 Å². The molecule has 1 aliphatic carbocycles. The number of rotatable bonds is 3. The predicted molar refractivity (Wildman–Crippen MR) is 48.1 cm³/mol. The van der Waals surface area contributed by atoms with Crippen molar-refractivity contribution in [1.82, 2.24) is 0 Å². The van der Waals surface area contributed by atoms with Crippen molar-refractivity contribution in [2.24, 2.45) is 5.92 Å². The van der Waals surface area contributed by atoms with Crippen LogP contribution in [0, 0.1) is 5.92 Å². The predicted octanol–water partition coefficient (Wildman–Crippen LogP) is 1.47. The number of allylic oxidation sites excluding steroid dienone is 1. The van der Waals surface area contributed by atoms with Gasteiger partial charge in [-0.3, -0.25) is 9.59 Å². The summed E-state index contributed by atoms with van der Waals surface area (Å²) < 4.78 is 4.87. The van der Waals surface area contributed by atoms with Gasteiger partial charge in [0, 0.05) is 6.42 Å². The summed E-state index contributed by atoms with van der Waals surface area (Å²) in [7, 11) is 0. The molecule has 0 unspecified atom stereocenters. The third-order valence-electron chi connectivity index (χ3n) is 2.18. The lowest BCUT2D eigenvalue weighted by Crippen LogP contribution is -2.17. The lowest BCUT2D eigenvalue weighted by Gasteiger charge is -2.10. The van der Waals surface area contributed by atoms with Gasteiger partial charge in [-0.1, -0.05) is 12.5 Å². The van der Waals surface area contributed by atoms with Crippen molar-refractivity contribution < 1.29 is 14.3 Å². The Hall–Kier alpha value is -1.12. The van der Waals surface area contributed by atoms with Crippen LogP contribution in [0.4, 0.5) is 0 Å². The Morgan fingerprint density at radius 1 is 1.62 bits per heavy atom. The highest BCUT2D eigenvalue weighted by Gasteiger charge is 2.30. The largest absolute Gasteiger partial charge is 0.466 e. The Morgan fingerprint density at radius 3 is 2.85 bits per heavy atom. The summed E-state index contributed by atoms with van der Waals surface area (Å²) in [5, 5.41) is 0. The molecule has 0 aromatic rings. The molecule has 3 heteroatoms. The number of ketones is 1. The van der Waals surface area contributed by atoms with Crippen molar-refractivity contribution in [2.75, 3.05) is 6.61 Å². The number of hydrogen-bond donors (Lipinski definition) is 0. The molecule has 0 saturated carbocycles. The van der Waals surface area contributed by atoms with Gasteiger partial charge in [0.1, 0.15) is 0 Å². The molecule has 0 radical (unpaired) electrons. The number of carbonyl (C=O) groups excluding carboxylic acids is 2. The molecule has 72 valence electrons. The molecule has 0 aromatic carbocycles. The second-order valence-corrected chi connectivity index (χ2v) is 3.05. The number of hydrogen-bond acceptors (Lipinski definition) is 3. The van der Waals surface area contributed by atoms with Gasteiger partial charge in [0.2, 0.25) is 0 Å². The maximum absolute atomic E-state index is 11.3. The molecule has 0 spiro atoms. The SMILES string of the molecule is CCOC(=O)[C@@H]1CC(=O)C=C1CC. The van der Waals surface area contributed by atoms with Gasteiger partial charge in [0.05, 0.1) is 12.5 Å². The van der Waals surface area contributed by atoms with Crippen LogP contribution in [-0.4, -0.2) is 18.4 Å². The molecule has 3 nitrogen and oxygen atoms in total. The molecular weight excluding hydrogens is 168 g/mol. The quantitative estimate of drug-likeness (QED) is 0.621. The van der Waals surface area contributed by atoms with Crippen LogP contribution in [0.5, 0.6) is 0 Å². The molecule has 0 aromatic heterocycles. The lowest BCUT2D eigenvalue weighted by molar-refractivity contribution is -0.147. The monoisotopic (exact) mass is 182 g/mol. The van der Waals surface area contributed by atoms with Crippen LogP contribution in [0.25, 0.3) is 0 Å². The molecule has 13 heavy (non-hydrogen) atoms. The van der Waals surface area contributed by atoms with Crippen molar-refractivity contribution in [2.45, 2.75) is 26.7 Å². The van der Waals surface area contributed by atoms with Crippen LogP contribution in [0.3, 0.4) is 0 Å². The van der Waals surface area contributed by atoms with E-state index in [0.717, 1.165) is 12.0 Å². The molecular formula is C10H14O3. The van der Waals surface area contributed by atoms with Crippen LogP contribution in [0.15, 0.2) is 11.6 Å². The minimum absolute atomic E-state index is 0.0369. The van der Waals surface area contributed by atoms with Crippen LogP contribution >= 0.6 is 0 Å². The zero-order valence-electron chi connectivity index (χ0n) is 8.00. The van der Waals surface area contributed by atoms with Gasteiger partial charge in [-0.15, -0.1) is 0 Å². The van der Waals surface area contributed by atoms with Crippen LogP contribution in [0.1, 0.15) is 26.7 Å². The maximum atomic E-state index is 11.3. The van der Waals surface area contributed by atoms with Gasteiger partial charge in [-0.25, -0.2) is 0 Å². The molecule has 1 atom stereocenters. The summed E-state index contributed by atoms with van der Waals surface area (Å²) in [6.45, 7) is 4.08. The zero-order chi connectivity index (χ0) is 9.84. The molecule has 0 saturated heterocycles. The standard InChI is InChI=1S/C10H14O3/c1-3-7-5-8(11)6-9(7)10(12)13-4-2/h5,9H,3-4,6H2,1-2H3/t9-/m1/s1. The topological polar surface area (TPSA) is 43.4 Å². The summed E-state index contributed by atoms with van der Waals surface area (Å²) in [5.41, 5.74) is 0.906. The third-order valence-corrected chi connectivity index (χ3v) is 2.18. The summed E-state index contributed by atoms with van der Waals surface area (Å²) in [5.74, 6) is -0.534. The highest BCUT2D eigenvalue weighted by Crippen LogP contribution is 2.26. The Morgan fingerprint density at radius 2 is 2.31 bits per heavy atom. The maximum Gasteiger partial charge on any atom is 0.313 e. The van der Waals surface area contributed by atoms with Gasteiger partial charge >= 0.3 is 5.97 Å². The highest BCUT2D eigenvalue weighted by atomic mass is 16.5. The number of carbonyl (C=O) groups is 2. The molecule has 0 heterocycles. The fourth-order valence-corrected chi connectivity index (χ4v) is 1.52. The van der Waals surface area contributed by atoms with Crippen molar-refractivity contribution in [3.63, 3.8) is 0 Å². The molecule has 1 rings (SSSR count). The summed E-state index contributed by atoms with van der Waals surface area (Å²) in [6.07, 6.45) is 2.61. The highest BCUT2D eigenvalue weighted by molar-refractivity contribution is 5.98. The number of ether oxygens (including phenoxy) is 1. The average Bonchev–Trinajstić information content (AvgIpc) is 2.47. The van der Waals surface area contributed by atoms with E-state index in [0.29, 0.717) is 13.0 Å². The Kier molecular flexibility index (Phi) is 3.23. The molecule has 0 aliphatic heterocycles. The third kappa shape index (κ3) is 2.17. The Bertz CT molecular complexity index is 253. The van der Waals surface area contributed by atoms with E-state index in [1.807, 2.05) is 6.92 Å². The number of esters is 1. The van der Waals surface area contributed by atoms with Gasteiger partial charge in [0.25, 0.3) is 0 Å². The summed E-state index contributed by atoms with van der Waals surface area (Å²) >= 11 is 0. The summed E-state index contributed by atoms with van der Waals surface area (Å²) in [4.78, 5) is 22.4. The van der Waals surface area contributed by atoms with Gasteiger partial charge in [-0.2, -0.15) is 0 Å². The Balaban J connectivity index is 2.66. The second kappa shape index (κ2) is 4.21. The van der Waals surface area contributed by atoms with E-state index < -0.39 is 0 Å². The van der Waals surface area contributed by atoms with Gasteiger partial charge in [0.15, 0.2) is 5.78 Å². The molecule has 0 fully saturated rings. The van der Waals surface area contributed by atoms with E-state index >= 15 is 0 Å². The van der Waals surface area contributed by atoms with Crippen LogP contribution in [0.2, 0.25) is 0 Å². The van der Waals surface area contributed by atoms with Crippen molar-refractivity contribution >= 4 is 11.8 Å². The van der Waals surface area contributed by atoms with E-state index in [1.54, 1.807) is 13.0 Å². The van der Waals surface area contributed by atoms with E-state index in [-0.39, 0.29) is 17.7 Å². The average molecular weight is 182 g/mol. The summed E-state index contributed by atoms with van der Waals surface area (Å²) in [6, 6.07) is 0. The molecule has 1 aliphatic rings. The van der Waals surface area contributed by atoms with Crippen LogP contribution in [-0.2, 0) is 14.3 Å². The molecule has 0 bridgehead atoms. The van der Waals surface area contributed by atoms with E-state index in [2.05, 4.69) is 0 Å². The van der Waals surface area contributed by atoms with E-state index in [4.69, 9.17) is 4.74 Å². The first-order valence-corrected chi connectivity index (χ1v) is 4.59. The van der Waals surface area contributed by atoms with E-state index in [9.17, 15) is 9.59 Å². The Labute approximate surface area is 77.8 Å². The first-order valence-electron chi connectivity index (χ1n) is 4.59. The minimum atomic E-state index is -0.308. The molecule has 0 amide bonds. The minimum Gasteiger partial charge on any atom is -0.466 e. The first kappa shape index (κ1) is 9.96. The van der Waals surface area contributed by atoms with Gasteiger partial charge < -0.3 is 4.74 Å². The lowest BCUT2D eigenvalue weighted by atomic mass is 10.00. The second-order valence-electron chi connectivity index (χ2n) is 3.05. The van der Waals surface area contributed by atoms with E-state index in [1.165, 1.54) is 0 Å². The van der Waals surface area contributed by atoms with Crippen molar-refractivity contribution in [1.29, 1.82) is 0 Å². The zero-order valence-corrected chi connectivity index (χ0v) is 8.00. The fraction of sp³-hybridized carbons (Fsp3) is 0.600. The van der Waals surface area contributed by atoms with Gasteiger partial charge in [-0.05, 0) is 19.4 Å². The first-order chi connectivity index (χ1) is 6.19. The normalized spacial score (nSPS) is 21.5. The fourth-order valence-electron chi connectivity index (χ4n) is 1.52. The molecule has 0 N–H and O–H groups in total. The van der Waals surface area contributed by atoms with Crippen molar-refractivity contribution in [3.8, 4) is 0 Å². The van der Waals surface area contributed by atoms with Crippen molar-refractivity contribution in [3.05, 3.63) is 11.6 Å². The smallest absolute Gasteiger partial charge is 0.313 e.